The fraction of sp³-hybridized carbons (Fsp3) is 0.786. The molecule has 6 nitrogen and oxygen atoms in total. The van der Waals surface area contributed by atoms with Gasteiger partial charge in [0.25, 0.3) is 10.0 Å². The van der Waals surface area contributed by atoms with Crippen molar-refractivity contribution < 1.29 is 8.42 Å². The minimum Gasteiger partial charge on any atom is -0.316 e. The molecule has 2 fully saturated rings. The smallest absolute Gasteiger partial charge is 0.261 e. The van der Waals surface area contributed by atoms with Gasteiger partial charge in [0, 0.05) is 44.6 Å². The van der Waals surface area contributed by atoms with Crippen LogP contribution >= 0.6 is 23.7 Å². The molecule has 0 spiro atoms. The summed E-state index contributed by atoms with van der Waals surface area (Å²) in [6.07, 6.45) is 1.20. The first-order valence-corrected chi connectivity index (χ1v) is 10.1. The number of rotatable bonds is 4. The fourth-order valence-electron chi connectivity index (χ4n) is 3.27. The Hall–Kier alpha value is -0.250. The molecule has 0 aliphatic carbocycles. The minimum absolute atomic E-state index is 0. The van der Waals surface area contributed by atoms with Gasteiger partial charge in [0.2, 0.25) is 0 Å². The lowest BCUT2D eigenvalue weighted by Crippen LogP contribution is -2.51. The second kappa shape index (κ2) is 7.33. The van der Waals surface area contributed by atoms with Gasteiger partial charge in [-0.25, -0.2) is 13.4 Å². The lowest BCUT2D eigenvalue weighted by Gasteiger charge is -2.37. The minimum atomic E-state index is -3.41. The van der Waals surface area contributed by atoms with Gasteiger partial charge in [-0.15, -0.1) is 23.7 Å². The Bertz CT molecular complexity index is 620. The summed E-state index contributed by atoms with van der Waals surface area (Å²) in [5, 5.41) is 6.06. The van der Waals surface area contributed by atoms with Crippen LogP contribution in [0.3, 0.4) is 0 Å². The predicted octanol–water partition coefficient (Wildman–Crippen LogP) is 1.18. The van der Waals surface area contributed by atoms with Crippen LogP contribution in [0.15, 0.2) is 10.4 Å². The lowest BCUT2D eigenvalue weighted by molar-refractivity contribution is 0.132. The SMILES string of the molecule is Cc1nc(S(=O)(=O)N2CCN(CC3(C)CCNC3)CC2)cs1.Cl. The van der Waals surface area contributed by atoms with E-state index < -0.39 is 10.0 Å². The van der Waals surface area contributed by atoms with E-state index in [1.165, 1.54) is 17.8 Å². The van der Waals surface area contributed by atoms with Gasteiger partial charge in [0.1, 0.15) is 0 Å². The van der Waals surface area contributed by atoms with Crippen molar-refractivity contribution in [2.45, 2.75) is 25.3 Å². The monoisotopic (exact) mass is 380 g/mol. The molecule has 0 bridgehead atoms. The van der Waals surface area contributed by atoms with E-state index in [2.05, 4.69) is 22.1 Å². The van der Waals surface area contributed by atoms with Crippen molar-refractivity contribution in [1.29, 1.82) is 0 Å². The molecular formula is C14H25ClN4O2S2. The van der Waals surface area contributed by atoms with E-state index in [0.717, 1.165) is 37.7 Å². The van der Waals surface area contributed by atoms with Gasteiger partial charge >= 0.3 is 0 Å². The molecule has 0 amide bonds. The summed E-state index contributed by atoms with van der Waals surface area (Å²) in [6.45, 7) is 10.1. The van der Waals surface area contributed by atoms with Crippen molar-refractivity contribution in [3.05, 3.63) is 10.4 Å². The summed E-state index contributed by atoms with van der Waals surface area (Å²) in [4.78, 5) is 6.53. The molecule has 3 rings (SSSR count). The normalized spacial score (nSPS) is 27.0. The van der Waals surface area contributed by atoms with Crippen molar-refractivity contribution in [3.8, 4) is 0 Å². The summed E-state index contributed by atoms with van der Waals surface area (Å²) in [5.41, 5.74) is 0.326. The molecule has 2 aliphatic rings. The third-order valence-electron chi connectivity index (χ3n) is 4.60. The molecule has 1 aromatic heterocycles. The second-order valence-electron chi connectivity index (χ2n) is 6.62. The Morgan fingerprint density at radius 2 is 2.04 bits per heavy atom. The highest BCUT2D eigenvalue weighted by Gasteiger charge is 2.34. The van der Waals surface area contributed by atoms with E-state index in [-0.39, 0.29) is 17.4 Å². The van der Waals surface area contributed by atoms with Gasteiger partial charge in [-0.05, 0) is 25.3 Å². The third-order valence-corrected chi connectivity index (χ3v) is 7.30. The number of hydrogen-bond donors (Lipinski definition) is 1. The molecule has 1 aromatic rings. The van der Waals surface area contributed by atoms with Crippen LogP contribution in [0, 0.1) is 12.3 Å². The second-order valence-corrected chi connectivity index (χ2v) is 9.57. The van der Waals surface area contributed by atoms with Crippen molar-refractivity contribution in [1.82, 2.24) is 19.5 Å². The predicted molar refractivity (Wildman–Crippen MR) is 94.9 cm³/mol. The van der Waals surface area contributed by atoms with Crippen LogP contribution in [-0.4, -0.2) is 68.4 Å². The Morgan fingerprint density at radius 3 is 2.57 bits per heavy atom. The number of hydrogen-bond acceptors (Lipinski definition) is 6. The first-order chi connectivity index (χ1) is 10.4. The Labute approximate surface area is 148 Å². The van der Waals surface area contributed by atoms with Crippen molar-refractivity contribution in [2.24, 2.45) is 5.41 Å². The van der Waals surface area contributed by atoms with Crippen molar-refractivity contribution in [2.75, 3.05) is 45.8 Å². The van der Waals surface area contributed by atoms with Gasteiger partial charge in [0.05, 0.1) is 5.01 Å². The number of nitrogens with zero attached hydrogens (tertiary/aromatic N) is 3. The van der Waals surface area contributed by atoms with Crippen LogP contribution in [0.1, 0.15) is 18.4 Å². The van der Waals surface area contributed by atoms with E-state index in [9.17, 15) is 8.42 Å². The van der Waals surface area contributed by atoms with Crippen LogP contribution in [0.5, 0.6) is 0 Å². The van der Waals surface area contributed by atoms with E-state index in [1.807, 2.05) is 6.92 Å². The molecule has 132 valence electrons. The maximum absolute atomic E-state index is 12.6. The summed E-state index contributed by atoms with van der Waals surface area (Å²) >= 11 is 1.38. The molecule has 1 atom stereocenters. The van der Waals surface area contributed by atoms with E-state index >= 15 is 0 Å². The Kier molecular flexibility index (Phi) is 6.08. The zero-order chi connectivity index (χ0) is 15.8. The number of aromatic nitrogens is 1. The fourth-order valence-corrected chi connectivity index (χ4v) is 5.59. The van der Waals surface area contributed by atoms with Crippen molar-refractivity contribution >= 4 is 33.8 Å². The largest absolute Gasteiger partial charge is 0.316 e. The highest BCUT2D eigenvalue weighted by Crippen LogP contribution is 2.27. The number of nitrogens with one attached hydrogen (secondary N) is 1. The van der Waals surface area contributed by atoms with Crippen LogP contribution in [0.25, 0.3) is 0 Å². The summed E-state index contributed by atoms with van der Waals surface area (Å²) < 4.78 is 26.7. The van der Waals surface area contributed by atoms with Crippen LogP contribution in [0.2, 0.25) is 0 Å². The number of halogens is 1. The first kappa shape index (κ1) is 19.1. The topological polar surface area (TPSA) is 65.5 Å². The Balaban J connectivity index is 0.00000192. The standard InChI is InChI=1S/C14H24N4O2S2.ClH/c1-12-16-13(9-21-12)22(19,20)18-7-5-17(6-8-18)11-14(2)3-4-15-10-14;/h9,15H,3-8,10-11H2,1-2H3;1H. The highest BCUT2D eigenvalue weighted by atomic mass is 35.5. The number of piperazine rings is 1. The molecule has 2 saturated heterocycles. The first-order valence-electron chi connectivity index (χ1n) is 7.74. The average molecular weight is 381 g/mol. The maximum atomic E-state index is 12.6. The van der Waals surface area contributed by atoms with Gasteiger partial charge in [-0.1, -0.05) is 6.92 Å². The van der Waals surface area contributed by atoms with Crippen LogP contribution < -0.4 is 5.32 Å². The number of thiazole rings is 1. The van der Waals surface area contributed by atoms with E-state index in [4.69, 9.17) is 0 Å². The molecule has 0 aromatic carbocycles. The van der Waals surface area contributed by atoms with Gasteiger partial charge in [0.15, 0.2) is 5.03 Å². The molecule has 2 aliphatic heterocycles. The molecule has 1 unspecified atom stereocenters. The molecule has 9 heteroatoms. The van der Waals surface area contributed by atoms with Crippen molar-refractivity contribution in [3.63, 3.8) is 0 Å². The van der Waals surface area contributed by atoms with Crippen LogP contribution in [0.4, 0.5) is 0 Å². The summed E-state index contributed by atoms with van der Waals surface area (Å²) in [5.74, 6) is 0. The summed E-state index contributed by atoms with van der Waals surface area (Å²) in [7, 11) is -3.41. The Morgan fingerprint density at radius 1 is 1.35 bits per heavy atom. The van der Waals surface area contributed by atoms with Gasteiger partial charge in [-0.3, -0.25) is 0 Å². The number of sulfonamides is 1. The molecule has 3 heterocycles. The van der Waals surface area contributed by atoms with E-state index in [0.29, 0.717) is 18.5 Å². The number of aryl methyl sites for hydroxylation is 1. The lowest BCUT2D eigenvalue weighted by atomic mass is 9.89. The average Bonchev–Trinajstić information content (AvgIpc) is 3.09. The zero-order valence-electron chi connectivity index (χ0n) is 13.6. The zero-order valence-corrected chi connectivity index (χ0v) is 16.1. The van der Waals surface area contributed by atoms with Crippen LogP contribution in [-0.2, 0) is 10.0 Å². The molecular weight excluding hydrogens is 356 g/mol. The molecule has 0 radical (unpaired) electrons. The molecule has 1 N–H and O–H groups in total. The summed E-state index contributed by atoms with van der Waals surface area (Å²) in [6, 6.07) is 0. The third kappa shape index (κ3) is 4.24. The van der Waals surface area contributed by atoms with Gasteiger partial charge in [-0.2, -0.15) is 4.31 Å². The van der Waals surface area contributed by atoms with E-state index in [1.54, 1.807) is 9.69 Å². The molecule has 23 heavy (non-hydrogen) atoms. The highest BCUT2D eigenvalue weighted by molar-refractivity contribution is 7.89. The van der Waals surface area contributed by atoms with Gasteiger partial charge < -0.3 is 10.2 Å². The molecule has 0 saturated carbocycles. The quantitative estimate of drug-likeness (QED) is 0.849. The maximum Gasteiger partial charge on any atom is 0.261 e.